The Morgan fingerprint density at radius 1 is 1.17 bits per heavy atom. The van der Waals surface area contributed by atoms with Crippen LogP contribution in [0.1, 0.15) is 31.4 Å². The first-order chi connectivity index (χ1) is 13.7. The predicted octanol–water partition coefficient (Wildman–Crippen LogP) is 4.14. The molecule has 0 fully saturated rings. The topological polar surface area (TPSA) is 99.0 Å². The Morgan fingerprint density at radius 2 is 1.93 bits per heavy atom. The molecule has 1 aromatic carbocycles. The van der Waals surface area contributed by atoms with Gasteiger partial charge >= 0.3 is 6.01 Å². The Bertz CT molecular complexity index is 1130. The molecule has 0 aliphatic heterocycles. The number of ether oxygens (including phenoxy) is 1. The van der Waals surface area contributed by atoms with Gasteiger partial charge in [0.2, 0.25) is 15.9 Å². The van der Waals surface area contributed by atoms with E-state index in [0.29, 0.717) is 18.2 Å². The second kappa shape index (κ2) is 8.66. The van der Waals surface area contributed by atoms with Crippen LogP contribution in [-0.2, 0) is 16.6 Å². The molecule has 2 aromatic heterocycles. The Hall–Kier alpha value is -2.20. The number of sulfonamides is 1. The van der Waals surface area contributed by atoms with Crippen LogP contribution in [0.4, 0.5) is 0 Å². The van der Waals surface area contributed by atoms with E-state index in [1.807, 2.05) is 26.0 Å². The van der Waals surface area contributed by atoms with Crippen molar-refractivity contribution in [1.29, 1.82) is 0 Å². The molecular weight excluding hydrogens is 437 g/mol. The molecular formula is C18H19Cl2N5O3S. The average Bonchev–Trinajstić information content (AvgIpc) is 3.06. The normalized spacial score (nSPS) is 12.7. The van der Waals surface area contributed by atoms with Crippen molar-refractivity contribution in [3.05, 3.63) is 58.0 Å². The average molecular weight is 456 g/mol. The Labute approximate surface area is 178 Å². The number of rotatable bonds is 7. The zero-order valence-electron chi connectivity index (χ0n) is 15.9. The highest BCUT2D eigenvalue weighted by Crippen LogP contribution is 2.26. The highest BCUT2D eigenvalue weighted by Gasteiger charge is 2.24. The molecule has 1 N–H and O–H groups in total. The van der Waals surface area contributed by atoms with E-state index in [9.17, 15) is 8.42 Å². The van der Waals surface area contributed by atoms with Crippen molar-refractivity contribution in [1.82, 2.24) is 24.5 Å². The van der Waals surface area contributed by atoms with Crippen molar-refractivity contribution in [3.8, 4) is 11.9 Å². The molecule has 0 spiro atoms. The number of pyridine rings is 1. The third-order valence-electron chi connectivity index (χ3n) is 4.04. The molecule has 29 heavy (non-hydrogen) atoms. The lowest BCUT2D eigenvalue weighted by atomic mass is 10.3. The van der Waals surface area contributed by atoms with Crippen molar-refractivity contribution in [3.63, 3.8) is 0 Å². The summed E-state index contributed by atoms with van der Waals surface area (Å²) in [5, 5.41) is 8.57. The highest BCUT2D eigenvalue weighted by molar-refractivity contribution is 7.89. The van der Waals surface area contributed by atoms with E-state index < -0.39 is 16.1 Å². The largest absolute Gasteiger partial charge is 0.405 e. The first kappa shape index (κ1) is 21.5. The van der Waals surface area contributed by atoms with E-state index in [2.05, 4.69) is 19.9 Å². The van der Waals surface area contributed by atoms with Crippen LogP contribution in [0.5, 0.6) is 11.9 Å². The molecule has 1 atom stereocenters. The van der Waals surface area contributed by atoms with Gasteiger partial charge < -0.3 is 4.74 Å². The van der Waals surface area contributed by atoms with Gasteiger partial charge in [-0.3, -0.25) is 4.57 Å². The first-order valence-corrected chi connectivity index (χ1v) is 11.0. The molecule has 0 bridgehead atoms. The van der Waals surface area contributed by atoms with Crippen LogP contribution in [0.25, 0.3) is 0 Å². The fourth-order valence-corrected chi connectivity index (χ4v) is 4.25. The Balaban J connectivity index is 1.84. The van der Waals surface area contributed by atoms with Gasteiger partial charge in [0.25, 0.3) is 0 Å². The lowest BCUT2D eigenvalue weighted by Crippen LogP contribution is -2.29. The monoisotopic (exact) mass is 455 g/mol. The molecule has 0 radical (unpaired) electrons. The summed E-state index contributed by atoms with van der Waals surface area (Å²) in [4.78, 5) is 4.28. The van der Waals surface area contributed by atoms with E-state index in [1.165, 1.54) is 18.2 Å². The molecule has 0 saturated carbocycles. The van der Waals surface area contributed by atoms with Gasteiger partial charge in [-0.05, 0) is 45.0 Å². The zero-order chi connectivity index (χ0) is 21.2. The number of aromatic nitrogens is 4. The van der Waals surface area contributed by atoms with Crippen molar-refractivity contribution < 1.29 is 13.2 Å². The summed E-state index contributed by atoms with van der Waals surface area (Å²) in [5.74, 6) is 0.779. The van der Waals surface area contributed by atoms with Crippen molar-refractivity contribution >= 4 is 33.2 Å². The van der Waals surface area contributed by atoms with Crippen molar-refractivity contribution in [2.24, 2.45) is 0 Å². The molecule has 2 heterocycles. The SMILES string of the molecule is CCn1c(Oc2cccc(C)n2)nnc1[C@@H](C)NS(=O)(=O)c1ccc(Cl)c(Cl)c1. The molecule has 0 unspecified atom stereocenters. The maximum absolute atomic E-state index is 12.7. The van der Waals surface area contributed by atoms with Gasteiger partial charge in [-0.15, -0.1) is 5.10 Å². The first-order valence-electron chi connectivity index (χ1n) is 8.73. The molecule has 154 valence electrons. The molecule has 11 heteroatoms. The van der Waals surface area contributed by atoms with Crippen LogP contribution in [-0.4, -0.2) is 28.2 Å². The van der Waals surface area contributed by atoms with Gasteiger partial charge in [-0.25, -0.2) is 18.1 Å². The van der Waals surface area contributed by atoms with Crippen LogP contribution >= 0.6 is 23.2 Å². The molecule has 0 saturated heterocycles. The number of benzene rings is 1. The van der Waals surface area contributed by atoms with E-state index in [0.717, 1.165) is 5.69 Å². The summed E-state index contributed by atoms with van der Waals surface area (Å²) in [6.45, 7) is 5.87. The molecule has 8 nitrogen and oxygen atoms in total. The van der Waals surface area contributed by atoms with Gasteiger partial charge in [-0.1, -0.05) is 34.4 Å². The van der Waals surface area contributed by atoms with Gasteiger partial charge in [0, 0.05) is 18.3 Å². The number of hydrogen-bond donors (Lipinski definition) is 1. The minimum atomic E-state index is -3.85. The van der Waals surface area contributed by atoms with Gasteiger partial charge in [0.1, 0.15) is 0 Å². The number of aryl methyl sites for hydroxylation is 1. The molecule has 0 amide bonds. The maximum atomic E-state index is 12.7. The van der Waals surface area contributed by atoms with Crippen LogP contribution < -0.4 is 9.46 Å². The number of halogens is 2. The van der Waals surface area contributed by atoms with Crippen LogP contribution in [0, 0.1) is 6.92 Å². The lowest BCUT2D eigenvalue weighted by Gasteiger charge is -2.15. The third kappa shape index (κ3) is 4.87. The molecule has 3 aromatic rings. The molecule has 3 rings (SSSR count). The third-order valence-corrected chi connectivity index (χ3v) is 6.32. The fraction of sp³-hybridized carbons (Fsp3) is 0.278. The second-order valence-corrected chi connectivity index (χ2v) is 8.75. The minimum Gasteiger partial charge on any atom is -0.405 e. The summed E-state index contributed by atoms with van der Waals surface area (Å²) < 4.78 is 35.4. The smallest absolute Gasteiger partial charge is 0.323 e. The van der Waals surface area contributed by atoms with E-state index in [-0.39, 0.29) is 21.0 Å². The van der Waals surface area contributed by atoms with Crippen LogP contribution in [0.3, 0.4) is 0 Å². The summed E-state index contributed by atoms with van der Waals surface area (Å²) in [5.41, 5.74) is 0.799. The predicted molar refractivity (Wildman–Crippen MR) is 110 cm³/mol. The maximum Gasteiger partial charge on any atom is 0.323 e. The Kier molecular flexibility index (Phi) is 6.42. The summed E-state index contributed by atoms with van der Waals surface area (Å²) >= 11 is 11.8. The van der Waals surface area contributed by atoms with Gasteiger partial charge in [0.05, 0.1) is 21.0 Å². The van der Waals surface area contributed by atoms with E-state index in [1.54, 1.807) is 17.6 Å². The van der Waals surface area contributed by atoms with E-state index >= 15 is 0 Å². The molecule has 0 aliphatic rings. The Morgan fingerprint density at radius 3 is 2.59 bits per heavy atom. The van der Waals surface area contributed by atoms with Crippen molar-refractivity contribution in [2.45, 2.75) is 38.3 Å². The zero-order valence-corrected chi connectivity index (χ0v) is 18.3. The van der Waals surface area contributed by atoms with Gasteiger partial charge in [-0.2, -0.15) is 0 Å². The van der Waals surface area contributed by atoms with Crippen LogP contribution in [0.15, 0.2) is 41.3 Å². The number of hydrogen-bond acceptors (Lipinski definition) is 6. The van der Waals surface area contributed by atoms with Gasteiger partial charge in [0.15, 0.2) is 5.82 Å². The standard InChI is InChI=1S/C18H19Cl2N5O3S/c1-4-25-17(22-23-18(25)28-16-7-5-6-11(2)21-16)12(3)24-29(26,27)13-8-9-14(19)15(20)10-13/h5-10,12,24H,4H2,1-3H3/t12-/m1/s1. The van der Waals surface area contributed by atoms with E-state index in [4.69, 9.17) is 27.9 Å². The molecule has 0 aliphatic carbocycles. The number of nitrogens with one attached hydrogen (secondary N) is 1. The minimum absolute atomic E-state index is 0.00162. The summed E-state index contributed by atoms with van der Waals surface area (Å²) in [6, 6.07) is 9.02. The van der Waals surface area contributed by atoms with Crippen molar-refractivity contribution in [2.75, 3.05) is 0 Å². The number of nitrogens with zero attached hydrogens (tertiary/aromatic N) is 4. The summed E-state index contributed by atoms with van der Waals surface area (Å²) in [7, 11) is -3.85. The second-order valence-electron chi connectivity index (χ2n) is 6.22. The fourth-order valence-electron chi connectivity index (χ4n) is 2.66. The van der Waals surface area contributed by atoms with Crippen LogP contribution in [0.2, 0.25) is 10.0 Å². The summed E-state index contributed by atoms with van der Waals surface area (Å²) in [6.07, 6.45) is 0. The lowest BCUT2D eigenvalue weighted by molar-refractivity contribution is 0.393. The quantitative estimate of drug-likeness (QED) is 0.574. The highest BCUT2D eigenvalue weighted by atomic mass is 35.5.